The molecule has 84 valence electrons. The van der Waals surface area contributed by atoms with Crippen LogP contribution in [0.2, 0.25) is 0 Å². The van der Waals surface area contributed by atoms with Gasteiger partial charge >= 0.3 is 0 Å². The van der Waals surface area contributed by atoms with Gasteiger partial charge in [0.2, 0.25) is 0 Å². The average Bonchev–Trinajstić information content (AvgIpc) is 2.35. The number of nitrogens with zero attached hydrogens (tertiary/aromatic N) is 2. The third kappa shape index (κ3) is 2.61. The van der Waals surface area contributed by atoms with Crippen LogP contribution in [0.3, 0.4) is 0 Å². The van der Waals surface area contributed by atoms with Gasteiger partial charge in [-0.05, 0) is 23.3 Å². The summed E-state index contributed by atoms with van der Waals surface area (Å²) < 4.78 is 1.86. The fourth-order valence-electron chi connectivity index (χ4n) is 1.77. The molecule has 0 unspecified atom stereocenters. The van der Waals surface area contributed by atoms with Crippen molar-refractivity contribution in [3.63, 3.8) is 0 Å². The fourth-order valence-corrected chi connectivity index (χ4v) is 1.77. The Labute approximate surface area is 100 Å². The van der Waals surface area contributed by atoms with Crippen LogP contribution in [0.25, 0.3) is 0 Å². The fraction of sp³-hybridized carbons (Fsp3) is 0.143. The molecule has 1 aromatic carbocycles. The van der Waals surface area contributed by atoms with Gasteiger partial charge in [0.25, 0.3) is 0 Å². The highest BCUT2D eigenvalue weighted by Crippen LogP contribution is 2.10. The second-order valence-electron chi connectivity index (χ2n) is 3.82. The lowest BCUT2D eigenvalue weighted by Crippen LogP contribution is -2.19. The van der Waals surface area contributed by atoms with E-state index < -0.39 is 0 Å². The first kappa shape index (κ1) is 11.2. The quantitative estimate of drug-likeness (QED) is 0.851. The van der Waals surface area contributed by atoms with Gasteiger partial charge in [-0.2, -0.15) is 5.26 Å². The minimum absolute atomic E-state index is 0.414. The van der Waals surface area contributed by atoms with Crippen molar-refractivity contribution >= 4 is 0 Å². The zero-order valence-electron chi connectivity index (χ0n) is 9.43. The molecule has 0 amide bonds. The number of aromatic nitrogens is 1. The van der Waals surface area contributed by atoms with E-state index in [1.807, 2.05) is 47.2 Å². The van der Waals surface area contributed by atoms with Crippen molar-refractivity contribution in [3.8, 4) is 6.07 Å². The minimum atomic E-state index is 0.414. The molecule has 1 N–H and O–H groups in total. The van der Waals surface area contributed by atoms with Crippen molar-refractivity contribution in [2.75, 3.05) is 0 Å². The molecule has 0 spiro atoms. The predicted molar refractivity (Wildman–Crippen MR) is 65.1 cm³/mol. The van der Waals surface area contributed by atoms with E-state index in [-0.39, 0.29) is 0 Å². The van der Waals surface area contributed by atoms with Crippen molar-refractivity contribution in [2.45, 2.75) is 13.0 Å². The maximum absolute atomic E-state index is 8.77. The highest BCUT2D eigenvalue weighted by atomic mass is 15.0. The number of hydrogen-bond donors (Lipinski definition) is 1. The molecule has 0 bridgehead atoms. The highest BCUT2D eigenvalue weighted by molar-refractivity contribution is 5.29. The molecule has 0 aliphatic carbocycles. The summed E-state index contributed by atoms with van der Waals surface area (Å²) in [5.41, 5.74) is 2.60. The third-order valence-electron chi connectivity index (χ3n) is 2.67. The summed E-state index contributed by atoms with van der Waals surface area (Å²) in [6, 6.07) is 15.6. The summed E-state index contributed by atoms with van der Waals surface area (Å²) in [6.45, 7) is 0.636. The Hall–Kier alpha value is -2.34. The summed E-state index contributed by atoms with van der Waals surface area (Å²) in [6.07, 6.45) is 2.29. The van der Waals surface area contributed by atoms with Crippen LogP contribution in [0.4, 0.5) is 0 Å². The van der Waals surface area contributed by atoms with Crippen LogP contribution in [-0.2, 0) is 13.0 Å². The molecule has 0 atom stereocenters. The van der Waals surface area contributed by atoms with Gasteiger partial charge in [-0.25, -0.2) is 0 Å². The van der Waals surface area contributed by atoms with Crippen molar-refractivity contribution in [1.82, 2.24) is 4.57 Å². The second kappa shape index (κ2) is 5.13. The molecule has 0 aliphatic heterocycles. The van der Waals surface area contributed by atoms with E-state index in [1.54, 1.807) is 6.07 Å². The van der Waals surface area contributed by atoms with E-state index in [4.69, 9.17) is 10.7 Å². The van der Waals surface area contributed by atoms with Crippen molar-refractivity contribution in [1.29, 1.82) is 10.7 Å². The normalized spacial score (nSPS) is 9.82. The van der Waals surface area contributed by atoms with Gasteiger partial charge in [-0.1, -0.05) is 30.3 Å². The predicted octanol–water partition coefficient (Wildman–Crippen LogP) is 2.08. The maximum Gasteiger partial charge on any atom is 0.124 e. The van der Waals surface area contributed by atoms with E-state index in [0.29, 0.717) is 18.5 Å². The van der Waals surface area contributed by atoms with Crippen LogP contribution in [-0.4, -0.2) is 4.57 Å². The summed E-state index contributed by atoms with van der Waals surface area (Å²) in [7, 11) is 0. The van der Waals surface area contributed by atoms with Crippen molar-refractivity contribution in [3.05, 3.63) is 65.3 Å². The van der Waals surface area contributed by atoms with Gasteiger partial charge in [0.1, 0.15) is 5.49 Å². The molecule has 0 saturated carbocycles. The first-order valence-corrected chi connectivity index (χ1v) is 5.45. The topological polar surface area (TPSA) is 52.6 Å². The van der Waals surface area contributed by atoms with Crippen LogP contribution in [0.15, 0.2) is 48.7 Å². The zero-order chi connectivity index (χ0) is 12.1. The first-order valence-electron chi connectivity index (χ1n) is 5.45. The molecule has 0 aliphatic rings. The molecule has 2 rings (SSSR count). The average molecular weight is 223 g/mol. The largest absolute Gasteiger partial charge is 0.329 e. The molecule has 17 heavy (non-hydrogen) atoms. The van der Waals surface area contributed by atoms with Gasteiger partial charge in [0, 0.05) is 12.7 Å². The smallest absolute Gasteiger partial charge is 0.124 e. The molecule has 1 aromatic heterocycles. The zero-order valence-corrected chi connectivity index (χ0v) is 9.43. The van der Waals surface area contributed by atoms with E-state index in [1.165, 1.54) is 0 Å². The Morgan fingerprint density at radius 1 is 1.06 bits per heavy atom. The Kier molecular flexibility index (Phi) is 3.37. The minimum Gasteiger partial charge on any atom is -0.329 e. The number of benzene rings is 1. The lowest BCUT2D eigenvalue weighted by molar-refractivity contribution is 0.726. The number of nitriles is 1. The molecular formula is C14H13N3. The Morgan fingerprint density at radius 2 is 1.76 bits per heavy atom. The summed E-state index contributed by atoms with van der Waals surface area (Å²) in [5, 5.41) is 16.6. The lowest BCUT2D eigenvalue weighted by Gasteiger charge is -2.09. The Morgan fingerprint density at radius 3 is 2.47 bits per heavy atom. The molecule has 0 fully saturated rings. The summed E-state index contributed by atoms with van der Waals surface area (Å²) >= 11 is 0. The van der Waals surface area contributed by atoms with Crippen LogP contribution in [0.1, 0.15) is 11.1 Å². The molecule has 3 nitrogen and oxygen atoms in total. The number of nitrogens with one attached hydrogen (secondary N) is 1. The SMILES string of the molecule is N#CCc1ccccc1Cn1ccccc1=N. The van der Waals surface area contributed by atoms with Crippen LogP contribution < -0.4 is 5.49 Å². The Balaban J connectivity index is 2.34. The Bertz CT molecular complexity index is 605. The van der Waals surface area contributed by atoms with Gasteiger partial charge in [0.05, 0.1) is 12.5 Å². The van der Waals surface area contributed by atoms with E-state index in [2.05, 4.69) is 6.07 Å². The molecular weight excluding hydrogens is 210 g/mol. The van der Waals surface area contributed by atoms with Crippen molar-refractivity contribution < 1.29 is 0 Å². The van der Waals surface area contributed by atoms with Gasteiger partial charge in [-0.3, -0.25) is 5.41 Å². The number of rotatable bonds is 3. The van der Waals surface area contributed by atoms with Crippen LogP contribution in [0, 0.1) is 16.7 Å². The van der Waals surface area contributed by atoms with E-state index in [0.717, 1.165) is 11.1 Å². The van der Waals surface area contributed by atoms with Crippen LogP contribution >= 0.6 is 0 Å². The summed E-state index contributed by atoms with van der Waals surface area (Å²) in [5.74, 6) is 0. The standard InChI is InChI=1S/C14H13N3/c15-9-8-12-5-1-2-6-13(12)11-17-10-4-3-7-14(17)16/h1-7,10,16H,8,11H2. The number of hydrogen-bond acceptors (Lipinski definition) is 2. The maximum atomic E-state index is 8.77. The highest BCUT2D eigenvalue weighted by Gasteiger charge is 2.01. The molecule has 0 radical (unpaired) electrons. The van der Waals surface area contributed by atoms with Gasteiger partial charge < -0.3 is 4.57 Å². The molecule has 0 saturated heterocycles. The lowest BCUT2D eigenvalue weighted by atomic mass is 10.1. The molecule has 2 aromatic rings. The second-order valence-corrected chi connectivity index (χ2v) is 3.82. The van der Waals surface area contributed by atoms with E-state index >= 15 is 0 Å². The molecule has 1 heterocycles. The monoisotopic (exact) mass is 223 g/mol. The third-order valence-corrected chi connectivity index (χ3v) is 2.67. The molecule has 3 heteroatoms. The van der Waals surface area contributed by atoms with Gasteiger partial charge in [-0.15, -0.1) is 0 Å². The summed E-state index contributed by atoms with van der Waals surface area (Å²) in [4.78, 5) is 0. The first-order chi connectivity index (χ1) is 8.31. The van der Waals surface area contributed by atoms with Crippen molar-refractivity contribution in [2.24, 2.45) is 0 Å². The number of pyridine rings is 1. The van der Waals surface area contributed by atoms with E-state index in [9.17, 15) is 0 Å². The van der Waals surface area contributed by atoms with Crippen LogP contribution in [0.5, 0.6) is 0 Å². The van der Waals surface area contributed by atoms with Gasteiger partial charge in [0.15, 0.2) is 0 Å².